The second-order valence-electron chi connectivity index (χ2n) is 4.53. The molecule has 1 heterocycles. The lowest BCUT2D eigenvalue weighted by Crippen LogP contribution is -2.18. The van der Waals surface area contributed by atoms with E-state index in [1.54, 1.807) is 5.48 Å². The van der Waals surface area contributed by atoms with Gasteiger partial charge in [0.2, 0.25) is 0 Å². The molecule has 3 nitrogen and oxygen atoms in total. The summed E-state index contributed by atoms with van der Waals surface area (Å²) in [6, 6.07) is 21.4. The third-order valence-electron chi connectivity index (χ3n) is 3.17. The van der Waals surface area contributed by atoms with E-state index in [1.807, 2.05) is 66.7 Å². The van der Waals surface area contributed by atoms with Gasteiger partial charge in [0.15, 0.2) is 0 Å². The first-order valence-electron chi connectivity index (χ1n) is 6.48. The van der Waals surface area contributed by atoms with Crippen LogP contribution in [0, 0.1) is 0 Å². The number of hydroxylamine groups is 1. The van der Waals surface area contributed by atoms with Gasteiger partial charge in [0.25, 0.3) is 5.91 Å². The molecule has 1 amide bonds. The molecule has 0 aliphatic heterocycles. The third-order valence-corrected chi connectivity index (χ3v) is 4.41. The van der Waals surface area contributed by atoms with Gasteiger partial charge < -0.3 is 0 Å². The summed E-state index contributed by atoms with van der Waals surface area (Å²) < 4.78 is 0. The summed E-state index contributed by atoms with van der Waals surface area (Å²) in [6.45, 7) is 0. The van der Waals surface area contributed by atoms with E-state index in [9.17, 15) is 4.79 Å². The molecule has 0 saturated carbocycles. The molecular formula is C17H13NO2S. The summed E-state index contributed by atoms with van der Waals surface area (Å²) in [5.74, 6) is -0.493. The van der Waals surface area contributed by atoms with Gasteiger partial charge in [-0.15, -0.1) is 11.3 Å². The van der Waals surface area contributed by atoms with Crippen LogP contribution < -0.4 is 5.48 Å². The van der Waals surface area contributed by atoms with Crippen LogP contribution >= 0.6 is 11.3 Å². The summed E-state index contributed by atoms with van der Waals surface area (Å²) in [5, 5.41) is 8.94. The quantitative estimate of drug-likeness (QED) is 0.562. The Labute approximate surface area is 126 Å². The second kappa shape index (κ2) is 5.91. The van der Waals surface area contributed by atoms with E-state index in [4.69, 9.17) is 5.21 Å². The minimum atomic E-state index is -0.493. The Morgan fingerprint density at radius 3 is 2.05 bits per heavy atom. The molecule has 0 unspecified atom stereocenters. The second-order valence-corrected chi connectivity index (χ2v) is 5.58. The molecule has 2 aromatic carbocycles. The Kier molecular flexibility index (Phi) is 3.81. The van der Waals surface area contributed by atoms with Gasteiger partial charge in [0.1, 0.15) is 0 Å². The van der Waals surface area contributed by atoms with Crippen molar-refractivity contribution in [3.05, 3.63) is 72.3 Å². The first-order valence-corrected chi connectivity index (χ1v) is 7.30. The number of carbonyl (C=O) groups excluding carboxylic acids is 1. The Morgan fingerprint density at radius 1 is 0.905 bits per heavy atom. The molecule has 4 heteroatoms. The molecule has 3 aromatic rings. The van der Waals surface area contributed by atoms with Gasteiger partial charge in [0.05, 0.1) is 5.56 Å². The van der Waals surface area contributed by atoms with E-state index < -0.39 is 5.91 Å². The molecule has 0 bridgehead atoms. The monoisotopic (exact) mass is 295 g/mol. The van der Waals surface area contributed by atoms with Crippen LogP contribution in [-0.4, -0.2) is 11.1 Å². The fourth-order valence-corrected chi connectivity index (χ4v) is 3.33. The van der Waals surface area contributed by atoms with E-state index in [2.05, 4.69) is 0 Å². The molecule has 0 atom stereocenters. The van der Waals surface area contributed by atoms with E-state index in [0.29, 0.717) is 5.56 Å². The average Bonchev–Trinajstić information content (AvgIpc) is 3.01. The van der Waals surface area contributed by atoms with Crippen LogP contribution in [-0.2, 0) is 0 Å². The Balaban J connectivity index is 2.14. The minimum absolute atomic E-state index is 0.479. The summed E-state index contributed by atoms with van der Waals surface area (Å²) in [5.41, 5.74) is 4.22. The van der Waals surface area contributed by atoms with Crippen molar-refractivity contribution in [2.24, 2.45) is 0 Å². The van der Waals surface area contributed by atoms with Gasteiger partial charge in [-0.05, 0) is 17.2 Å². The number of rotatable bonds is 3. The Hall–Kier alpha value is -2.43. The number of amides is 1. The van der Waals surface area contributed by atoms with Crippen molar-refractivity contribution in [2.45, 2.75) is 0 Å². The summed E-state index contributed by atoms with van der Waals surface area (Å²) in [4.78, 5) is 13.7. The largest absolute Gasteiger partial charge is 0.288 e. The number of thiophene rings is 1. The molecule has 0 saturated heterocycles. The lowest BCUT2D eigenvalue weighted by atomic mass is 10.1. The number of hydrogen-bond donors (Lipinski definition) is 2. The van der Waals surface area contributed by atoms with E-state index >= 15 is 0 Å². The highest BCUT2D eigenvalue weighted by Crippen LogP contribution is 2.38. The van der Waals surface area contributed by atoms with Crippen LogP contribution in [0.3, 0.4) is 0 Å². The van der Waals surface area contributed by atoms with Crippen molar-refractivity contribution in [1.82, 2.24) is 5.48 Å². The van der Waals surface area contributed by atoms with Gasteiger partial charge in [-0.2, -0.15) is 0 Å². The predicted molar refractivity (Wildman–Crippen MR) is 84.4 cm³/mol. The Morgan fingerprint density at radius 2 is 1.48 bits per heavy atom. The van der Waals surface area contributed by atoms with Crippen LogP contribution in [0.4, 0.5) is 0 Å². The van der Waals surface area contributed by atoms with Gasteiger partial charge >= 0.3 is 0 Å². The van der Waals surface area contributed by atoms with E-state index in [-0.39, 0.29) is 0 Å². The highest BCUT2D eigenvalue weighted by Gasteiger charge is 2.17. The molecule has 2 N–H and O–H groups in total. The molecule has 0 aliphatic carbocycles. The van der Waals surface area contributed by atoms with Crippen molar-refractivity contribution >= 4 is 17.2 Å². The summed E-state index contributed by atoms with van der Waals surface area (Å²) in [7, 11) is 0. The molecule has 0 radical (unpaired) electrons. The molecular weight excluding hydrogens is 282 g/mol. The van der Waals surface area contributed by atoms with E-state index in [1.165, 1.54) is 11.3 Å². The van der Waals surface area contributed by atoms with Crippen LogP contribution in [0.15, 0.2) is 66.7 Å². The third kappa shape index (κ3) is 2.72. The van der Waals surface area contributed by atoms with Gasteiger partial charge in [-0.25, -0.2) is 5.48 Å². The number of hydrogen-bond acceptors (Lipinski definition) is 3. The zero-order valence-electron chi connectivity index (χ0n) is 11.1. The van der Waals surface area contributed by atoms with Gasteiger partial charge in [-0.3, -0.25) is 10.0 Å². The predicted octanol–water partition coefficient (Wildman–Crippen LogP) is 4.20. The molecule has 21 heavy (non-hydrogen) atoms. The molecule has 0 fully saturated rings. The summed E-state index contributed by atoms with van der Waals surface area (Å²) in [6.07, 6.45) is 0. The first kappa shape index (κ1) is 13.5. The minimum Gasteiger partial charge on any atom is -0.288 e. The van der Waals surface area contributed by atoms with Crippen molar-refractivity contribution < 1.29 is 10.0 Å². The molecule has 0 spiro atoms. The lowest BCUT2D eigenvalue weighted by Gasteiger charge is -2.01. The van der Waals surface area contributed by atoms with Crippen LogP contribution in [0.25, 0.3) is 20.9 Å². The van der Waals surface area contributed by atoms with Crippen LogP contribution in [0.2, 0.25) is 0 Å². The van der Waals surface area contributed by atoms with E-state index in [0.717, 1.165) is 20.9 Å². The highest BCUT2D eigenvalue weighted by atomic mass is 32.1. The maximum atomic E-state index is 11.9. The number of carbonyl (C=O) groups is 1. The molecule has 104 valence electrons. The van der Waals surface area contributed by atoms with Crippen LogP contribution in [0.1, 0.15) is 10.4 Å². The molecule has 3 rings (SSSR count). The average molecular weight is 295 g/mol. The van der Waals surface area contributed by atoms with Gasteiger partial charge in [0, 0.05) is 9.75 Å². The normalized spacial score (nSPS) is 10.3. The summed E-state index contributed by atoms with van der Waals surface area (Å²) >= 11 is 1.54. The topological polar surface area (TPSA) is 49.3 Å². The standard InChI is InChI=1S/C17H13NO2S/c19-17(18-20)14-11-15(12-7-3-1-4-8-12)21-16(14)13-9-5-2-6-10-13/h1-11,20H,(H,18,19). The van der Waals surface area contributed by atoms with Crippen molar-refractivity contribution in [1.29, 1.82) is 0 Å². The van der Waals surface area contributed by atoms with Crippen molar-refractivity contribution in [2.75, 3.05) is 0 Å². The molecule has 0 aliphatic rings. The van der Waals surface area contributed by atoms with Crippen molar-refractivity contribution in [3.63, 3.8) is 0 Å². The fourth-order valence-electron chi connectivity index (χ4n) is 2.17. The lowest BCUT2D eigenvalue weighted by molar-refractivity contribution is 0.0707. The van der Waals surface area contributed by atoms with Gasteiger partial charge in [-0.1, -0.05) is 60.7 Å². The number of benzene rings is 2. The zero-order valence-corrected chi connectivity index (χ0v) is 11.9. The Bertz CT molecular complexity index is 751. The SMILES string of the molecule is O=C(NO)c1cc(-c2ccccc2)sc1-c1ccccc1. The smallest absolute Gasteiger partial charge is 0.276 e. The molecule has 1 aromatic heterocycles. The zero-order chi connectivity index (χ0) is 14.7. The maximum Gasteiger partial charge on any atom is 0.276 e. The van der Waals surface area contributed by atoms with Crippen LogP contribution in [0.5, 0.6) is 0 Å². The fraction of sp³-hybridized carbons (Fsp3) is 0. The van der Waals surface area contributed by atoms with Crippen molar-refractivity contribution in [3.8, 4) is 20.9 Å². The first-order chi connectivity index (χ1) is 10.3. The maximum absolute atomic E-state index is 11.9. The highest BCUT2D eigenvalue weighted by molar-refractivity contribution is 7.19. The number of nitrogens with one attached hydrogen (secondary N) is 1.